The summed E-state index contributed by atoms with van der Waals surface area (Å²) in [6, 6.07) is 53.1. The number of carbonyl (C=O) groups excluding carboxylic acids is 1. The zero-order valence-electron chi connectivity index (χ0n) is 28.1. The fraction of sp³-hybridized carbons (Fsp3) is 0.114. The average molecular weight is 631 g/mol. The zero-order chi connectivity index (χ0) is 33.9. The van der Waals surface area contributed by atoms with Crippen LogP contribution in [0.25, 0.3) is 11.1 Å². The van der Waals surface area contributed by atoms with Crippen LogP contribution in [0, 0.1) is 13.8 Å². The third kappa shape index (κ3) is 8.68. The zero-order valence-corrected chi connectivity index (χ0v) is 28.1. The highest BCUT2D eigenvalue weighted by molar-refractivity contribution is 5.80. The van der Waals surface area contributed by atoms with Crippen LogP contribution >= 0.6 is 0 Å². The molecule has 0 radical (unpaired) electrons. The molecule has 0 spiro atoms. The first kappa shape index (κ1) is 33.5. The van der Waals surface area contributed by atoms with E-state index in [0.29, 0.717) is 6.47 Å². The number of carbonyl (C=O) groups is 1. The van der Waals surface area contributed by atoms with Crippen molar-refractivity contribution in [2.45, 2.75) is 34.3 Å². The van der Waals surface area contributed by atoms with Gasteiger partial charge in [0.05, 0.1) is 0 Å². The summed E-state index contributed by atoms with van der Waals surface area (Å²) < 4.78 is 4.93. The highest BCUT2D eigenvalue weighted by Crippen LogP contribution is 2.38. The molecule has 0 fully saturated rings. The van der Waals surface area contributed by atoms with Crippen LogP contribution in [-0.4, -0.2) is 6.47 Å². The maximum atomic E-state index is 10.6. The van der Waals surface area contributed by atoms with Gasteiger partial charge < -0.3 is 14.5 Å². The molecule has 6 rings (SSSR count). The summed E-state index contributed by atoms with van der Waals surface area (Å²) in [6.45, 7) is 12.4. The third-order valence-corrected chi connectivity index (χ3v) is 7.70. The van der Waals surface area contributed by atoms with Crippen molar-refractivity contribution in [3.05, 3.63) is 181 Å². The van der Waals surface area contributed by atoms with E-state index in [1.54, 1.807) is 0 Å². The van der Waals surface area contributed by atoms with E-state index in [1.807, 2.05) is 32.0 Å². The van der Waals surface area contributed by atoms with Crippen LogP contribution in [0.2, 0.25) is 0 Å². The number of hydrogen-bond donors (Lipinski definition) is 0. The normalized spacial score (nSPS) is 10.3. The lowest BCUT2D eigenvalue weighted by molar-refractivity contribution is -0.129. The van der Waals surface area contributed by atoms with Gasteiger partial charge in [-0.15, -0.1) is 6.58 Å². The summed E-state index contributed by atoms with van der Waals surface area (Å²) in [5.41, 5.74) is 13.4. The summed E-state index contributed by atoms with van der Waals surface area (Å²) in [4.78, 5) is 15.1. The van der Waals surface area contributed by atoms with Crippen LogP contribution < -0.4 is 9.80 Å². The number of hydrogen-bond acceptors (Lipinski definition) is 4. The predicted molar refractivity (Wildman–Crippen MR) is 202 cm³/mol. The van der Waals surface area contributed by atoms with Crippen LogP contribution in [0.1, 0.15) is 30.5 Å². The lowest BCUT2D eigenvalue weighted by Gasteiger charge is -2.26. The first-order valence-electron chi connectivity index (χ1n) is 16.1. The molecule has 6 aromatic rings. The quantitative estimate of drug-likeness (QED) is 0.111. The van der Waals surface area contributed by atoms with Crippen molar-refractivity contribution in [1.82, 2.24) is 0 Å². The molecule has 0 amide bonds. The van der Waals surface area contributed by atoms with Crippen molar-refractivity contribution in [3.8, 4) is 11.1 Å². The standard InChI is InChI=1S/C40H34N2O2.C4H8/c1-30-8-18-36(19-9-30)41(35-6-4-3-5-7-35)39-24-14-33(15-25-39)34-16-26-40(27-17-34)42(37-20-10-31(2)11-21-37)38-22-12-32(13-23-38)28-44-29-43;1-4(2)3/h3-27,29H,28H2,1-2H3;1H2,2-3H3. The summed E-state index contributed by atoms with van der Waals surface area (Å²) in [6.07, 6.45) is 0. The number of anilines is 6. The molecule has 0 aliphatic heterocycles. The van der Waals surface area contributed by atoms with Gasteiger partial charge in [-0.1, -0.05) is 95.6 Å². The van der Waals surface area contributed by atoms with Gasteiger partial charge in [-0.2, -0.15) is 0 Å². The highest BCUT2D eigenvalue weighted by Gasteiger charge is 2.15. The molecule has 0 heterocycles. The van der Waals surface area contributed by atoms with Gasteiger partial charge >= 0.3 is 0 Å². The van der Waals surface area contributed by atoms with E-state index >= 15 is 0 Å². The van der Waals surface area contributed by atoms with Crippen LogP contribution in [0.4, 0.5) is 34.1 Å². The van der Waals surface area contributed by atoms with Crippen molar-refractivity contribution < 1.29 is 9.53 Å². The van der Waals surface area contributed by atoms with E-state index in [2.05, 4.69) is 164 Å². The van der Waals surface area contributed by atoms with Crippen molar-refractivity contribution in [2.75, 3.05) is 9.80 Å². The second kappa shape index (κ2) is 16.1. The van der Waals surface area contributed by atoms with Crippen LogP contribution in [0.15, 0.2) is 164 Å². The Kier molecular flexibility index (Phi) is 11.2. The van der Waals surface area contributed by atoms with Crippen LogP contribution in [0.3, 0.4) is 0 Å². The van der Waals surface area contributed by atoms with Crippen molar-refractivity contribution >= 4 is 40.6 Å². The van der Waals surface area contributed by atoms with Gasteiger partial charge in [-0.25, -0.2) is 0 Å². The van der Waals surface area contributed by atoms with Gasteiger partial charge in [0, 0.05) is 34.1 Å². The molecule has 0 aromatic heterocycles. The van der Waals surface area contributed by atoms with Gasteiger partial charge in [0.2, 0.25) is 0 Å². The molecule has 0 N–H and O–H groups in total. The molecule has 0 saturated heterocycles. The summed E-state index contributed by atoms with van der Waals surface area (Å²) in [5.74, 6) is 0. The van der Waals surface area contributed by atoms with E-state index in [0.717, 1.165) is 50.8 Å². The fourth-order valence-electron chi connectivity index (χ4n) is 5.34. The van der Waals surface area contributed by atoms with E-state index in [-0.39, 0.29) is 6.61 Å². The van der Waals surface area contributed by atoms with E-state index in [1.165, 1.54) is 16.7 Å². The molecule has 0 bridgehead atoms. The SMILES string of the molecule is C=C(C)C.Cc1ccc(N(c2ccccc2)c2ccc(-c3ccc(N(c4ccc(C)cc4)c4ccc(COC=O)cc4)cc3)cc2)cc1. The molecule has 240 valence electrons. The number of rotatable bonds is 10. The summed E-state index contributed by atoms with van der Waals surface area (Å²) >= 11 is 0. The summed E-state index contributed by atoms with van der Waals surface area (Å²) in [7, 11) is 0. The van der Waals surface area contributed by atoms with Gasteiger partial charge in [0.25, 0.3) is 6.47 Å². The maximum absolute atomic E-state index is 10.6. The van der Waals surface area contributed by atoms with Gasteiger partial charge in [-0.3, -0.25) is 4.79 Å². The molecule has 48 heavy (non-hydrogen) atoms. The molecular weight excluding hydrogens is 588 g/mol. The van der Waals surface area contributed by atoms with Crippen molar-refractivity contribution in [1.29, 1.82) is 0 Å². The molecular formula is C44H42N2O2. The van der Waals surface area contributed by atoms with E-state index < -0.39 is 0 Å². The maximum Gasteiger partial charge on any atom is 0.293 e. The minimum Gasteiger partial charge on any atom is -0.463 e. The molecule has 4 heteroatoms. The second-order valence-corrected chi connectivity index (χ2v) is 12.1. The van der Waals surface area contributed by atoms with E-state index in [4.69, 9.17) is 4.74 Å². The smallest absolute Gasteiger partial charge is 0.293 e. The lowest BCUT2D eigenvalue weighted by Crippen LogP contribution is -2.10. The van der Waals surface area contributed by atoms with Gasteiger partial charge in [0.1, 0.15) is 6.61 Å². The minimum atomic E-state index is 0.260. The number of para-hydroxylation sites is 1. The largest absolute Gasteiger partial charge is 0.463 e. The van der Waals surface area contributed by atoms with Gasteiger partial charge in [0.15, 0.2) is 0 Å². The Hall–Kier alpha value is -5.87. The number of benzene rings is 6. The molecule has 0 saturated carbocycles. The lowest BCUT2D eigenvalue weighted by atomic mass is 10.0. The Morgan fingerprint density at radius 1 is 0.521 bits per heavy atom. The monoisotopic (exact) mass is 630 g/mol. The van der Waals surface area contributed by atoms with Gasteiger partial charge in [-0.05, 0) is 117 Å². The number of allylic oxidation sites excluding steroid dienone is 1. The molecule has 6 aromatic carbocycles. The Bertz CT molecular complexity index is 1890. The fourth-order valence-corrected chi connectivity index (χ4v) is 5.34. The van der Waals surface area contributed by atoms with Crippen LogP contribution in [0.5, 0.6) is 0 Å². The number of ether oxygens (including phenoxy) is 1. The number of aryl methyl sites for hydroxylation is 2. The minimum absolute atomic E-state index is 0.260. The Morgan fingerprint density at radius 3 is 1.19 bits per heavy atom. The average Bonchev–Trinajstić information content (AvgIpc) is 3.11. The molecule has 0 atom stereocenters. The molecule has 0 aliphatic carbocycles. The number of nitrogens with zero attached hydrogens (tertiary/aromatic N) is 2. The Balaban J connectivity index is 0.00000107. The Labute approximate surface area is 285 Å². The van der Waals surface area contributed by atoms with E-state index in [9.17, 15) is 4.79 Å². The highest BCUT2D eigenvalue weighted by atomic mass is 16.5. The second-order valence-electron chi connectivity index (χ2n) is 12.1. The van der Waals surface area contributed by atoms with Crippen molar-refractivity contribution in [2.24, 2.45) is 0 Å². The van der Waals surface area contributed by atoms with Crippen LogP contribution in [-0.2, 0) is 16.1 Å². The Morgan fingerprint density at radius 2 is 0.833 bits per heavy atom. The predicted octanol–water partition coefficient (Wildman–Crippen LogP) is 12.2. The topological polar surface area (TPSA) is 32.8 Å². The molecule has 0 aliphatic rings. The molecule has 0 unspecified atom stereocenters. The first-order chi connectivity index (χ1) is 23.3. The van der Waals surface area contributed by atoms with Crippen molar-refractivity contribution in [3.63, 3.8) is 0 Å². The first-order valence-corrected chi connectivity index (χ1v) is 16.1. The summed E-state index contributed by atoms with van der Waals surface area (Å²) in [5, 5.41) is 0. The third-order valence-electron chi connectivity index (χ3n) is 7.70. The molecule has 4 nitrogen and oxygen atoms in total.